The maximum atomic E-state index is 11.3. The molecule has 0 atom stereocenters. The number of hydrogen-bond donors (Lipinski definition) is 2. The molecule has 0 aromatic carbocycles. The fourth-order valence-electron chi connectivity index (χ4n) is 0.939. The van der Waals surface area contributed by atoms with Gasteiger partial charge in [0.1, 0.15) is 0 Å². The molecule has 0 aromatic rings. The molecule has 0 saturated heterocycles. The molecule has 0 aliphatic carbocycles. The summed E-state index contributed by atoms with van der Waals surface area (Å²) < 4.78 is 0. The third kappa shape index (κ3) is 3.69. The van der Waals surface area contributed by atoms with Gasteiger partial charge in [-0.3, -0.25) is 4.79 Å². The van der Waals surface area contributed by atoms with E-state index < -0.39 is 0 Å². The molecule has 0 unspecified atom stereocenters. The van der Waals surface area contributed by atoms with Gasteiger partial charge in [-0.15, -0.1) is 0 Å². The van der Waals surface area contributed by atoms with E-state index in [-0.39, 0.29) is 25.0 Å². The van der Waals surface area contributed by atoms with Gasteiger partial charge in [-0.1, -0.05) is 13.8 Å². The van der Waals surface area contributed by atoms with E-state index in [1.807, 2.05) is 0 Å². The zero-order valence-corrected chi connectivity index (χ0v) is 7.66. The Kier molecular flexibility index (Phi) is 5.66. The molecule has 0 saturated carbocycles. The molecule has 0 rings (SSSR count). The van der Waals surface area contributed by atoms with Crippen molar-refractivity contribution in [3.63, 3.8) is 0 Å². The Labute approximate surface area is 72.8 Å². The van der Waals surface area contributed by atoms with Crippen LogP contribution in [0.25, 0.3) is 0 Å². The standard InChI is InChI=1S/C8H17NO3/c1-7(2)8(12)9(3-5-10)4-6-11/h7,10-11H,3-6H2,1-2H3. The van der Waals surface area contributed by atoms with Crippen LogP contribution in [0.3, 0.4) is 0 Å². The second-order valence-electron chi connectivity index (χ2n) is 2.93. The Balaban J connectivity index is 3.99. The molecule has 4 nitrogen and oxygen atoms in total. The number of hydrogen-bond acceptors (Lipinski definition) is 3. The smallest absolute Gasteiger partial charge is 0.225 e. The van der Waals surface area contributed by atoms with Crippen molar-refractivity contribution in [1.82, 2.24) is 4.90 Å². The van der Waals surface area contributed by atoms with Gasteiger partial charge in [0.25, 0.3) is 0 Å². The van der Waals surface area contributed by atoms with Crippen molar-refractivity contribution in [2.45, 2.75) is 13.8 Å². The summed E-state index contributed by atoms with van der Waals surface area (Å²) in [6, 6.07) is 0. The molecule has 2 N–H and O–H groups in total. The van der Waals surface area contributed by atoms with E-state index in [0.29, 0.717) is 13.1 Å². The first-order chi connectivity index (χ1) is 5.63. The average molecular weight is 175 g/mol. The number of rotatable bonds is 5. The van der Waals surface area contributed by atoms with Crippen molar-refractivity contribution < 1.29 is 15.0 Å². The monoisotopic (exact) mass is 175 g/mol. The highest BCUT2D eigenvalue weighted by Crippen LogP contribution is 2.00. The Morgan fingerprint density at radius 1 is 1.25 bits per heavy atom. The van der Waals surface area contributed by atoms with Gasteiger partial charge < -0.3 is 15.1 Å². The largest absolute Gasteiger partial charge is 0.395 e. The summed E-state index contributed by atoms with van der Waals surface area (Å²) in [5.41, 5.74) is 0. The van der Waals surface area contributed by atoms with Crippen molar-refractivity contribution in [1.29, 1.82) is 0 Å². The number of carbonyl (C=O) groups is 1. The minimum absolute atomic E-state index is 0.0295. The minimum Gasteiger partial charge on any atom is -0.395 e. The van der Waals surface area contributed by atoms with Crippen LogP contribution in [0.4, 0.5) is 0 Å². The molecule has 4 heteroatoms. The summed E-state index contributed by atoms with van der Waals surface area (Å²) >= 11 is 0. The fourth-order valence-corrected chi connectivity index (χ4v) is 0.939. The predicted octanol–water partition coefficient (Wildman–Crippen LogP) is -0.544. The van der Waals surface area contributed by atoms with Crippen LogP contribution in [0.5, 0.6) is 0 Å². The third-order valence-corrected chi connectivity index (χ3v) is 1.55. The Morgan fingerprint density at radius 2 is 1.67 bits per heavy atom. The van der Waals surface area contributed by atoms with Crippen molar-refractivity contribution in [2.75, 3.05) is 26.3 Å². The molecule has 0 heterocycles. The first-order valence-electron chi connectivity index (χ1n) is 4.14. The van der Waals surface area contributed by atoms with E-state index in [4.69, 9.17) is 10.2 Å². The molecule has 12 heavy (non-hydrogen) atoms. The predicted molar refractivity (Wildman–Crippen MR) is 45.6 cm³/mol. The number of amides is 1. The van der Waals surface area contributed by atoms with Gasteiger partial charge >= 0.3 is 0 Å². The van der Waals surface area contributed by atoms with Crippen molar-refractivity contribution in [2.24, 2.45) is 5.92 Å². The fraction of sp³-hybridized carbons (Fsp3) is 0.875. The van der Waals surface area contributed by atoms with E-state index in [9.17, 15) is 4.79 Å². The average Bonchev–Trinajstić information content (AvgIpc) is 2.03. The van der Waals surface area contributed by atoms with E-state index in [2.05, 4.69) is 0 Å². The highest BCUT2D eigenvalue weighted by molar-refractivity contribution is 5.78. The molecule has 72 valence electrons. The molecule has 0 bridgehead atoms. The van der Waals surface area contributed by atoms with Crippen LogP contribution in [0.15, 0.2) is 0 Å². The molecule has 0 fully saturated rings. The lowest BCUT2D eigenvalue weighted by atomic mass is 10.2. The van der Waals surface area contributed by atoms with Gasteiger partial charge in [0, 0.05) is 19.0 Å². The SMILES string of the molecule is CC(C)C(=O)N(CCO)CCO. The first-order valence-corrected chi connectivity index (χ1v) is 4.14. The molecule has 0 aliphatic heterocycles. The van der Waals surface area contributed by atoms with Crippen LogP contribution < -0.4 is 0 Å². The van der Waals surface area contributed by atoms with Crippen LogP contribution in [0.1, 0.15) is 13.8 Å². The first kappa shape index (κ1) is 11.4. The topological polar surface area (TPSA) is 60.8 Å². The summed E-state index contributed by atoms with van der Waals surface area (Å²) in [5.74, 6) is -0.110. The maximum Gasteiger partial charge on any atom is 0.225 e. The highest BCUT2D eigenvalue weighted by atomic mass is 16.3. The Morgan fingerprint density at radius 3 is 1.92 bits per heavy atom. The highest BCUT2D eigenvalue weighted by Gasteiger charge is 2.15. The molecule has 0 spiro atoms. The zero-order chi connectivity index (χ0) is 9.56. The van der Waals surface area contributed by atoms with Crippen LogP contribution >= 0.6 is 0 Å². The molecular weight excluding hydrogens is 158 g/mol. The maximum absolute atomic E-state index is 11.3. The Bertz CT molecular complexity index is 130. The second kappa shape index (κ2) is 5.97. The summed E-state index contributed by atoms with van der Waals surface area (Å²) in [5, 5.41) is 17.2. The number of aliphatic hydroxyl groups excluding tert-OH is 2. The van der Waals surface area contributed by atoms with Gasteiger partial charge in [0.15, 0.2) is 0 Å². The van der Waals surface area contributed by atoms with Crippen molar-refractivity contribution in [3.8, 4) is 0 Å². The minimum atomic E-state index is -0.0805. The number of carbonyl (C=O) groups excluding carboxylic acids is 1. The van der Waals surface area contributed by atoms with E-state index in [1.165, 1.54) is 4.90 Å². The Hall–Kier alpha value is -0.610. The summed E-state index contributed by atoms with van der Waals surface area (Å²) in [4.78, 5) is 12.8. The second-order valence-corrected chi connectivity index (χ2v) is 2.93. The van der Waals surface area contributed by atoms with Crippen molar-refractivity contribution in [3.05, 3.63) is 0 Å². The molecule has 0 radical (unpaired) electrons. The quantitative estimate of drug-likeness (QED) is 0.589. The van der Waals surface area contributed by atoms with E-state index >= 15 is 0 Å². The number of nitrogens with zero attached hydrogens (tertiary/aromatic N) is 1. The molecular formula is C8H17NO3. The normalized spacial score (nSPS) is 10.4. The lowest BCUT2D eigenvalue weighted by molar-refractivity contribution is -0.135. The third-order valence-electron chi connectivity index (χ3n) is 1.55. The summed E-state index contributed by atoms with van der Waals surface area (Å²) in [6.07, 6.45) is 0. The number of aliphatic hydroxyl groups is 2. The van der Waals surface area contributed by atoms with Crippen LogP contribution in [0.2, 0.25) is 0 Å². The van der Waals surface area contributed by atoms with Crippen LogP contribution in [-0.2, 0) is 4.79 Å². The zero-order valence-electron chi connectivity index (χ0n) is 7.66. The van der Waals surface area contributed by atoms with Crippen LogP contribution in [-0.4, -0.2) is 47.3 Å². The molecule has 0 aromatic heterocycles. The summed E-state index contributed by atoms with van der Waals surface area (Å²) in [7, 11) is 0. The van der Waals surface area contributed by atoms with E-state index in [1.54, 1.807) is 13.8 Å². The van der Waals surface area contributed by atoms with Gasteiger partial charge in [-0.25, -0.2) is 0 Å². The molecule has 0 aliphatic rings. The lowest BCUT2D eigenvalue weighted by Crippen LogP contribution is -2.38. The van der Waals surface area contributed by atoms with Crippen LogP contribution in [0, 0.1) is 5.92 Å². The van der Waals surface area contributed by atoms with Gasteiger partial charge in [-0.05, 0) is 0 Å². The van der Waals surface area contributed by atoms with Crippen molar-refractivity contribution >= 4 is 5.91 Å². The van der Waals surface area contributed by atoms with Gasteiger partial charge in [0.05, 0.1) is 13.2 Å². The van der Waals surface area contributed by atoms with E-state index in [0.717, 1.165) is 0 Å². The summed E-state index contributed by atoms with van der Waals surface area (Å²) in [6.45, 7) is 4.08. The van der Waals surface area contributed by atoms with Gasteiger partial charge in [-0.2, -0.15) is 0 Å². The van der Waals surface area contributed by atoms with Gasteiger partial charge in [0.2, 0.25) is 5.91 Å². The lowest BCUT2D eigenvalue weighted by Gasteiger charge is -2.22. The molecule has 1 amide bonds.